The van der Waals surface area contributed by atoms with E-state index in [2.05, 4.69) is 0 Å². The van der Waals surface area contributed by atoms with Crippen molar-refractivity contribution in [2.24, 2.45) is 5.92 Å². The third-order valence-electron chi connectivity index (χ3n) is 5.20. The number of hydrogen-bond acceptors (Lipinski definition) is 5. The smallest absolute Gasteiger partial charge is 0.410 e. The molecule has 0 radical (unpaired) electrons. The number of carbonyl (C=O) groups excluding carboxylic acids is 2. The van der Waals surface area contributed by atoms with Crippen molar-refractivity contribution >= 4 is 12.0 Å². The second-order valence-electron chi connectivity index (χ2n) is 8.73. The Labute approximate surface area is 184 Å². The number of benzene rings is 1. The molecule has 0 aliphatic carbocycles. The molecule has 2 amide bonds. The van der Waals surface area contributed by atoms with Crippen LogP contribution in [-0.2, 0) is 9.57 Å². The molecule has 0 atom stereocenters. The Kier molecular flexibility index (Phi) is 9.10. The Morgan fingerprint density at radius 3 is 2.45 bits per heavy atom. The summed E-state index contributed by atoms with van der Waals surface area (Å²) in [6.45, 7) is 9.56. The average Bonchev–Trinajstić information content (AvgIpc) is 2.71. The second kappa shape index (κ2) is 11.3. The van der Waals surface area contributed by atoms with Crippen LogP contribution in [0.15, 0.2) is 18.2 Å². The lowest BCUT2D eigenvalue weighted by Crippen LogP contribution is -2.41. The summed E-state index contributed by atoms with van der Waals surface area (Å²) in [7, 11) is 1.37. The average molecular weight is 439 g/mol. The highest BCUT2D eigenvalue weighted by Gasteiger charge is 2.26. The minimum absolute atomic E-state index is 0.0483. The number of halogens is 1. The highest BCUT2D eigenvalue weighted by Crippen LogP contribution is 2.24. The quantitative estimate of drug-likeness (QED) is 0.436. The lowest BCUT2D eigenvalue weighted by atomic mass is 9.92. The molecule has 2 rings (SSSR count). The van der Waals surface area contributed by atoms with Gasteiger partial charge in [0.05, 0.1) is 19.3 Å². The molecule has 1 saturated heterocycles. The number of hydroxylamine groups is 2. The minimum atomic E-state index is -0.632. The molecule has 8 heteroatoms. The van der Waals surface area contributed by atoms with Crippen LogP contribution < -0.4 is 4.74 Å². The molecule has 1 aromatic carbocycles. The van der Waals surface area contributed by atoms with Crippen LogP contribution in [0.3, 0.4) is 0 Å². The van der Waals surface area contributed by atoms with Crippen LogP contribution in [0.1, 0.15) is 63.7 Å². The summed E-state index contributed by atoms with van der Waals surface area (Å²) < 4.78 is 25.4. The number of ether oxygens (including phenoxy) is 2. The Hall–Kier alpha value is -2.35. The number of nitrogens with zero attached hydrogens (tertiary/aromatic N) is 2. The monoisotopic (exact) mass is 438 g/mol. The van der Waals surface area contributed by atoms with Gasteiger partial charge < -0.3 is 14.4 Å². The fourth-order valence-corrected chi connectivity index (χ4v) is 3.54. The summed E-state index contributed by atoms with van der Waals surface area (Å²) in [5.41, 5.74) is -0.525. The van der Waals surface area contributed by atoms with E-state index in [1.807, 2.05) is 20.8 Å². The summed E-state index contributed by atoms with van der Waals surface area (Å²) in [6.07, 6.45) is 3.47. The van der Waals surface area contributed by atoms with Crippen LogP contribution >= 0.6 is 0 Å². The van der Waals surface area contributed by atoms with Crippen molar-refractivity contribution in [3.05, 3.63) is 29.6 Å². The molecule has 1 aromatic rings. The maximum absolute atomic E-state index is 14.3. The van der Waals surface area contributed by atoms with Gasteiger partial charge in [-0.15, -0.1) is 0 Å². The van der Waals surface area contributed by atoms with Gasteiger partial charge in [0.25, 0.3) is 5.91 Å². The van der Waals surface area contributed by atoms with Crippen LogP contribution in [0.4, 0.5) is 9.18 Å². The first-order chi connectivity index (χ1) is 14.6. The van der Waals surface area contributed by atoms with Crippen molar-refractivity contribution < 1.29 is 28.3 Å². The van der Waals surface area contributed by atoms with Crippen molar-refractivity contribution in [1.29, 1.82) is 0 Å². The molecule has 1 aliphatic rings. The van der Waals surface area contributed by atoms with E-state index >= 15 is 0 Å². The third-order valence-corrected chi connectivity index (χ3v) is 5.20. The summed E-state index contributed by atoms with van der Waals surface area (Å²) >= 11 is 0. The maximum atomic E-state index is 14.3. The van der Waals surface area contributed by atoms with Gasteiger partial charge in [-0.2, -0.15) is 0 Å². The molecule has 174 valence electrons. The first kappa shape index (κ1) is 24.9. The fourth-order valence-electron chi connectivity index (χ4n) is 3.54. The van der Waals surface area contributed by atoms with Crippen LogP contribution in [0.2, 0.25) is 0 Å². The van der Waals surface area contributed by atoms with Gasteiger partial charge in [0.15, 0.2) is 0 Å². The van der Waals surface area contributed by atoms with E-state index < -0.39 is 17.3 Å². The zero-order valence-corrected chi connectivity index (χ0v) is 19.3. The van der Waals surface area contributed by atoms with Gasteiger partial charge >= 0.3 is 6.09 Å². The standard InChI is InChI=1S/C23H35FN2O5/c1-6-26(29-5)21(27)19-10-9-18(16-20(19)24)30-15-7-8-17-11-13-25(14-12-17)22(28)31-23(2,3)4/h9-10,16-17H,6-8,11-15H2,1-5H3. The first-order valence-electron chi connectivity index (χ1n) is 10.9. The predicted molar refractivity (Wildman–Crippen MR) is 115 cm³/mol. The number of rotatable bonds is 8. The van der Waals surface area contributed by atoms with E-state index in [0.717, 1.165) is 30.7 Å². The number of piperidine rings is 1. The van der Waals surface area contributed by atoms with Crippen molar-refractivity contribution in [2.75, 3.05) is 33.4 Å². The number of amides is 2. The van der Waals surface area contributed by atoms with E-state index in [4.69, 9.17) is 14.3 Å². The molecule has 1 fully saturated rings. The van der Waals surface area contributed by atoms with Crippen LogP contribution in [0.5, 0.6) is 5.75 Å². The maximum Gasteiger partial charge on any atom is 0.410 e. The highest BCUT2D eigenvalue weighted by molar-refractivity contribution is 5.93. The van der Waals surface area contributed by atoms with Gasteiger partial charge in [-0.3, -0.25) is 9.63 Å². The van der Waals surface area contributed by atoms with E-state index in [9.17, 15) is 14.0 Å². The summed E-state index contributed by atoms with van der Waals surface area (Å²) in [5.74, 6) is -0.221. The van der Waals surface area contributed by atoms with Gasteiger partial charge in [-0.25, -0.2) is 14.2 Å². The molecule has 0 N–H and O–H groups in total. The zero-order chi connectivity index (χ0) is 23.0. The van der Waals surface area contributed by atoms with Crippen molar-refractivity contribution in [3.63, 3.8) is 0 Å². The molecule has 7 nitrogen and oxygen atoms in total. The predicted octanol–water partition coefficient (Wildman–Crippen LogP) is 4.66. The number of likely N-dealkylation sites (tertiary alicyclic amines) is 1. The largest absolute Gasteiger partial charge is 0.493 e. The van der Waals surface area contributed by atoms with Gasteiger partial charge in [0.2, 0.25) is 0 Å². The van der Waals surface area contributed by atoms with Gasteiger partial charge in [-0.1, -0.05) is 0 Å². The molecule has 0 saturated carbocycles. The first-order valence-corrected chi connectivity index (χ1v) is 10.9. The second-order valence-corrected chi connectivity index (χ2v) is 8.73. The van der Waals surface area contributed by atoms with E-state index in [-0.39, 0.29) is 11.7 Å². The SMILES string of the molecule is CCN(OC)C(=O)c1ccc(OCCCC2CCN(C(=O)OC(C)(C)C)CC2)cc1F. The summed E-state index contributed by atoms with van der Waals surface area (Å²) in [4.78, 5) is 31.0. The highest BCUT2D eigenvalue weighted by atomic mass is 19.1. The molecular formula is C23H35FN2O5. The Balaban J connectivity index is 1.72. The van der Waals surface area contributed by atoms with E-state index in [0.29, 0.717) is 37.9 Å². The molecule has 0 unspecified atom stereocenters. The Morgan fingerprint density at radius 2 is 1.90 bits per heavy atom. The van der Waals surface area contributed by atoms with E-state index in [1.165, 1.54) is 19.2 Å². The fraction of sp³-hybridized carbons (Fsp3) is 0.652. The lowest BCUT2D eigenvalue weighted by Gasteiger charge is -2.33. The van der Waals surface area contributed by atoms with Crippen molar-refractivity contribution in [1.82, 2.24) is 9.96 Å². The molecular weight excluding hydrogens is 403 g/mol. The minimum Gasteiger partial charge on any atom is -0.493 e. The van der Waals surface area contributed by atoms with Crippen LogP contribution in [0, 0.1) is 11.7 Å². The van der Waals surface area contributed by atoms with Gasteiger partial charge in [0, 0.05) is 25.7 Å². The number of hydrogen-bond donors (Lipinski definition) is 0. The van der Waals surface area contributed by atoms with Gasteiger partial charge in [0.1, 0.15) is 17.2 Å². The molecule has 0 aromatic heterocycles. The number of carbonyl (C=O) groups is 2. The lowest BCUT2D eigenvalue weighted by molar-refractivity contribution is -0.0917. The molecule has 0 spiro atoms. The Morgan fingerprint density at radius 1 is 1.23 bits per heavy atom. The van der Waals surface area contributed by atoms with Crippen LogP contribution in [0.25, 0.3) is 0 Å². The van der Waals surface area contributed by atoms with Crippen molar-refractivity contribution in [2.45, 2.75) is 59.0 Å². The molecule has 31 heavy (non-hydrogen) atoms. The van der Waals surface area contributed by atoms with E-state index in [1.54, 1.807) is 17.9 Å². The molecule has 0 bridgehead atoms. The topological polar surface area (TPSA) is 68.3 Å². The third kappa shape index (κ3) is 7.69. The summed E-state index contributed by atoms with van der Waals surface area (Å²) in [6, 6.07) is 4.25. The Bertz CT molecular complexity index is 738. The zero-order valence-electron chi connectivity index (χ0n) is 19.3. The van der Waals surface area contributed by atoms with Crippen LogP contribution in [-0.4, -0.2) is 60.9 Å². The van der Waals surface area contributed by atoms with Crippen molar-refractivity contribution in [3.8, 4) is 5.75 Å². The summed E-state index contributed by atoms with van der Waals surface area (Å²) in [5, 5.41) is 1.09. The normalized spacial score (nSPS) is 15.0. The molecule has 1 aliphatic heterocycles. The van der Waals surface area contributed by atoms with Gasteiger partial charge in [-0.05, 0) is 71.4 Å². The molecule has 1 heterocycles.